The quantitative estimate of drug-likeness (QED) is 0.577. The van der Waals surface area contributed by atoms with E-state index in [0.717, 1.165) is 22.9 Å². The van der Waals surface area contributed by atoms with Crippen molar-refractivity contribution in [2.75, 3.05) is 11.9 Å². The fourth-order valence-electron chi connectivity index (χ4n) is 2.49. The summed E-state index contributed by atoms with van der Waals surface area (Å²) in [5, 5.41) is 11.5. The van der Waals surface area contributed by atoms with Gasteiger partial charge in [0.15, 0.2) is 0 Å². The number of nitrogens with one attached hydrogen (secondary N) is 1. The van der Waals surface area contributed by atoms with Gasteiger partial charge in [0.25, 0.3) is 5.91 Å². The van der Waals surface area contributed by atoms with Crippen LogP contribution in [0, 0.1) is 6.92 Å². The van der Waals surface area contributed by atoms with E-state index in [9.17, 15) is 14.4 Å². The maximum absolute atomic E-state index is 12.6. The first-order valence-electron chi connectivity index (χ1n) is 8.29. The number of thiocarbonyl (C=S) groups is 1. The van der Waals surface area contributed by atoms with Crippen LogP contribution < -0.4 is 5.32 Å². The molecule has 1 aliphatic heterocycles. The molecule has 2 aromatic carbocycles. The van der Waals surface area contributed by atoms with Crippen LogP contribution >= 0.6 is 24.0 Å². The van der Waals surface area contributed by atoms with Crippen molar-refractivity contribution < 1.29 is 19.5 Å². The molecule has 0 saturated carbocycles. The number of hydrogen-bond acceptors (Lipinski definition) is 5. The van der Waals surface area contributed by atoms with E-state index >= 15 is 0 Å². The van der Waals surface area contributed by atoms with Gasteiger partial charge in [-0.25, -0.2) is 4.79 Å². The molecule has 0 unspecified atom stereocenters. The Bertz CT molecular complexity index is 982. The van der Waals surface area contributed by atoms with E-state index in [1.165, 1.54) is 29.2 Å². The summed E-state index contributed by atoms with van der Waals surface area (Å²) in [6.45, 7) is 1.77. The van der Waals surface area contributed by atoms with E-state index in [1.807, 2.05) is 31.2 Å². The standard InChI is InChI=1S/C20H16N2O4S2/c1-12-2-4-13(5-3-12)10-16-18(24)22(20(27)28-16)11-17(23)21-15-8-6-14(7-9-15)19(25)26/h2-10H,11H2,1H3,(H,21,23)(H,25,26). The largest absolute Gasteiger partial charge is 0.478 e. The highest BCUT2D eigenvalue weighted by atomic mass is 32.2. The highest BCUT2D eigenvalue weighted by Crippen LogP contribution is 2.32. The lowest BCUT2D eigenvalue weighted by Crippen LogP contribution is -2.36. The number of benzene rings is 2. The van der Waals surface area contributed by atoms with Gasteiger partial charge in [0, 0.05) is 5.69 Å². The van der Waals surface area contributed by atoms with Crippen molar-refractivity contribution in [3.05, 3.63) is 70.1 Å². The molecule has 2 aromatic rings. The summed E-state index contributed by atoms with van der Waals surface area (Å²) in [6, 6.07) is 13.5. The molecule has 2 amide bonds. The van der Waals surface area contributed by atoms with E-state index in [-0.39, 0.29) is 18.0 Å². The average molecular weight is 412 g/mol. The molecule has 1 aliphatic rings. The van der Waals surface area contributed by atoms with Gasteiger partial charge in [-0.05, 0) is 42.8 Å². The second kappa shape index (κ2) is 8.37. The van der Waals surface area contributed by atoms with Crippen molar-refractivity contribution in [1.82, 2.24) is 4.90 Å². The predicted octanol–water partition coefficient (Wildman–Crippen LogP) is 3.53. The highest BCUT2D eigenvalue weighted by Gasteiger charge is 2.33. The Morgan fingerprint density at radius 1 is 1.14 bits per heavy atom. The van der Waals surface area contributed by atoms with E-state index < -0.39 is 11.9 Å². The minimum atomic E-state index is -1.05. The number of hydrogen-bond donors (Lipinski definition) is 2. The number of carbonyl (C=O) groups excluding carboxylic acids is 2. The maximum Gasteiger partial charge on any atom is 0.335 e. The number of aryl methyl sites for hydroxylation is 1. The molecule has 0 bridgehead atoms. The Labute approximate surface area is 171 Å². The SMILES string of the molecule is Cc1ccc(C=C2SC(=S)N(CC(=O)Nc3ccc(C(=O)O)cc3)C2=O)cc1. The molecule has 2 N–H and O–H groups in total. The van der Waals surface area contributed by atoms with Gasteiger partial charge in [-0.3, -0.25) is 14.5 Å². The van der Waals surface area contributed by atoms with Crippen LogP contribution in [0.1, 0.15) is 21.5 Å². The van der Waals surface area contributed by atoms with Crippen LogP contribution in [0.5, 0.6) is 0 Å². The Morgan fingerprint density at radius 3 is 2.39 bits per heavy atom. The number of anilines is 1. The molecule has 28 heavy (non-hydrogen) atoms. The molecule has 1 fully saturated rings. The number of aromatic carboxylic acids is 1. The lowest BCUT2D eigenvalue weighted by molar-refractivity contribution is -0.126. The van der Waals surface area contributed by atoms with Crippen molar-refractivity contribution >= 4 is 57.8 Å². The van der Waals surface area contributed by atoms with Crippen LogP contribution in [0.15, 0.2) is 53.4 Å². The Kier molecular flexibility index (Phi) is 5.91. The van der Waals surface area contributed by atoms with Gasteiger partial charge in [0.1, 0.15) is 10.9 Å². The highest BCUT2D eigenvalue weighted by molar-refractivity contribution is 8.26. The first kappa shape index (κ1) is 19.8. The van der Waals surface area contributed by atoms with Crippen molar-refractivity contribution in [2.24, 2.45) is 0 Å². The topological polar surface area (TPSA) is 86.7 Å². The van der Waals surface area contributed by atoms with Gasteiger partial charge >= 0.3 is 5.97 Å². The van der Waals surface area contributed by atoms with E-state index in [0.29, 0.717) is 14.9 Å². The molecule has 0 aromatic heterocycles. The molecule has 1 heterocycles. The fraction of sp³-hybridized carbons (Fsp3) is 0.100. The van der Waals surface area contributed by atoms with Crippen LogP contribution in [0.3, 0.4) is 0 Å². The summed E-state index contributed by atoms with van der Waals surface area (Å²) in [5.74, 6) is -1.78. The van der Waals surface area contributed by atoms with Crippen LogP contribution in [0.2, 0.25) is 0 Å². The molecular weight excluding hydrogens is 396 g/mol. The summed E-state index contributed by atoms with van der Waals surface area (Å²) in [6.07, 6.45) is 1.75. The third-order valence-electron chi connectivity index (χ3n) is 3.97. The number of carboxylic acid groups (broad SMARTS) is 1. The summed E-state index contributed by atoms with van der Waals surface area (Å²) < 4.78 is 0.319. The zero-order chi connectivity index (χ0) is 20.3. The molecule has 142 valence electrons. The summed E-state index contributed by atoms with van der Waals surface area (Å²) in [4.78, 5) is 37.4. The zero-order valence-electron chi connectivity index (χ0n) is 14.8. The van der Waals surface area contributed by atoms with Gasteiger partial charge in [-0.1, -0.05) is 53.8 Å². The average Bonchev–Trinajstić information content (AvgIpc) is 2.91. The van der Waals surface area contributed by atoms with Crippen molar-refractivity contribution in [3.8, 4) is 0 Å². The van der Waals surface area contributed by atoms with Crippen molar-refractivity contribution in [3.63, 3.8) is 0 Å². The molecule has 6 nitrogen and oxygen atoms in total. The van der Waals surface area contributed by atoms with Gasteiger partial charge in [-0.15, -0.1) is 0 Å². The molecule has 0 aliphatic carbocycles. The number of thioether (sulfide) groups is 1. The maximum atomic E-state index is 12.6. The lowest BCUT2D eigenvalue weighted by atomic mass is 10.1. The van der Waals surface area contributed by atoms with Crippen LogP contribution in [-0.4, -0.2) is 38.7 Å². The summed E-state index contributed by atoms with van der Waals surface area (Å²) >= 11 is 6.40. The number of nitrogens with zero attached hydrogens (tertiary/aromatic N) is 1. The predicted molar refractivity (Wildman–Crippen MR) is 113 cm³/mol. The van der Waals surface area contributed by atoms with Crippen molar-refractivity contribution in [2.45, 2.75) is 6.92 Å². The Morgan fingerprint density at radius 2 is 1.79 bits per heavy atom. The number of carbonyl (C=O) groups is 3. The first-order valence-corrected chi connectivity index (χ1v) is 9.51. The Hall–Kier alpha value is -2.97. The molecule has 8 heteroatoms. The number of rotatable bonds is 5. The van der Waals surface area contributed by atoms with E-state index in [1.54, 1.807) is 6.08 Å². The fourth-order valence-corrected chi connectivity index (χ4v) is 3.75. The second-order valence-corrected chi connectivity index (χ2v) is 7.78. The molecule has 3 rings (SSSR count). The minimum Gasteiger partial charge on any atom is -0.478 e. The molecular formula is C20H16N2O4S2. The molecule has 1 saturated heterocycles. The van der Waals surface area contributed by atoms with Gasteiger partial charge in [0.05, 0.1) is 10.5 Å². The second-order valence-electron chi connectivity index (χ2n) is 6.11. The van der Waals surface area contributed by atoms with Gasteiger partial charge < -0.3 is 10.4 Å². The van der Waals surface area contributed by atoms with Crippen LogP contribution in [0.25, 0.3) is 6.08 Å². The third-order valence-corrected chi connectivity index (χ3v) is 5.34. The number of carboxylic acids is 1. The zero-order valence-corrected chi connectivity index (χ0v) is 16.5. The Balaban J connectivity index is 1.65. The summed E-state index contributed by atoms with van der Waals surface area (Å²) in [5.41, 5.74) is 2.57. The van der Waals surface area contributed by atoms with Gasteiger partial charge in [0.2, 0.25) is 5.91 Å². The van der Waals surface area contributed by atoms with E-state index in [4.69, 9.17) is 17.3 Å². The summed E-state index contributed by atoms with van der Waals surface area (Å²) in [7, 11) is 0. The normalized spacial score (nSPS) is 15.2. The molecule has 0 atom stereocenters. The smallest absolute Gasteiger partial charge is 0.335 e. The van der Waals surface area contributed by atoms with E-state index in [2.05, 4.69) is 5.32 Å². The van der Waals surface area contributed by atoms with Gasteiger partial charge in [-0.2, -0.15) is 0 Å². The first-order chi connectivity index (χ1) is 13.3. The van der Waals surface area contributed by atoms with Crippen LogP contribution in [0.4, 0.5) is 5.69 Å². The monoisotopic (exact) mass is 412 g/mol. The van der Waals surface area contributed by atoms with Crippen molar-refractivity contribution in [1.29, 1.82) is 0 Å². The number of amides is 2. The molecule has 0 spiro atoms. The van der Waals surface area contributed by atoms with Crippen LogP contribution in [-0.2, 0) is 9.59 Å². The lowest BCUT2D eigenvalue weighted by Gasteiger charge is -2.14. The third kappa shape index (κ3) is 4.65. The molecule has 0 radical (unpaired) electrons. The minimum absolute atomic E-state index is 0.121.